The van der Waals surface area contributed by atoms with Crippen molar-refractivity contribution < 1.29 is 0 Å². The Morgan fingerprint density at radius 1 is 1.09 bits per heavy atom. The fourth-order valence-corrected chi connectivity index (χ4v) is 0.889. The van der Waals surface area contributed by atoms with Crippen LogP contribution in [0.5, 0.6) is 0 Å². The highest BCUT2D eigenvalue weighted by Gasteiger charge is 2.11. The van der Waals surface area contributed by atoms with Crippen LogP contribution in [0.15, 0.2) is 30.3 Å². The Bertz CT molecular complexity index is 196. The molecule has 0 aliphatic heterocycles. The van der Waals surface area contributed by atoms with Crippen LogP contribution in [0.25, 0.3) is 0 Å². The smallest absolute Gasteiger partial charge is 0.0622 e. The van der Waals surface area contributed by atoms with E-state index in [-0.39, 0.29) is 28.5 Å². The van der Waals surface area contributed by atoms with Gasteiger partial charge in [-0.15, -0.1) is 0 Å². The predicted octanol–water partition coefficient (Wildman–Crippen LogP) is 1.88. The fraction of sp³-hybridized carbons (Fsp3) is 0.300. The van der Waals surface area contributed by atoms with Crippen molar-refractivity contribution >= 4 is 23.1 Å². The molecule has 0 aliphatic carbocycles. The van der Waals surface area contributed by atoms with E-state index < -0.39 is 0 Å². The molecule has 0 heterocycles. The summed E-state index contributed by atoms with van der Waals surface area (Å²) in [5.74, 6) is 0. The Morgan fingerprint density at radius 2 is 1.55 bits per heavy atom. The standard InChI is InChI=1S/C10H13.Mg.2H/c1-10(2,3)9-7-5-4-6-8-9;;;/h4-8H,1H2,2-3H3;;;. The van der Waals surface area contributed by atoms with Crippen molar-refractivity contribution in [2.45, 2.75) is 19.3 Å². The first-order valence-electron chi connectivity index (χ1n) is 3.51. The van der Waals surface area contributed by atoms with E-state index in [0.717, 1.165) is 0 Å². The Kier molecular flexibility index (Phi) is 4.12. The topological polar surface area (TPSA) is 0 Å². The molecule has 0 N–H and O–H groups in total. The summed E-state index contributed by atoms with van der Waals surface area (Å²) in [6.45, 7) is 8.27. The summed E-state index contributed by atoms with van der Waals surface area (Å²) in [6, 6.07) is 10.3. The zero-order valence-electron chi connectivity index (χ0n) is 6.59. The van der Waals surface area contributed by atoms with Crippen LogP contribution in [0.2, 0.25) is 0 Å². The Labute approximate surface area is 85.2 Å². The van der Waals surface area contributed by atoms with Crippen LogP contribution in [-0.4, -0.2) is 23.1 Å². The van der Waals surface area contributed by atoms with Gasteiger partial charge in [-0.25, -0.2) is 0 Å². The highest BCUT2D eigenvalue weighted by atomic mass is 24.3. The quantitative estimate of drug-likeness (QED) is 0.549. The Hall–Kier alpha value is -0.0138. The van der Waals surface area contributed by atoms with E-state index in [4.69, 9.17) is 0 Å². The average molecular weight is 160 g/mol. The third-order valence-electron chi connectivity index (χ3n) is 1.56. The van der Waals surface area contributed by atoms with Crippen molar-refractivity contribution in [2.75, 3.05) is 0 Å². The largest absolute Gasteiger partial charge is 0.316 e. The van der Waals surface area contributed by atoms with Gasteiger partial charge in [0.15, 0.2) is 0 Å². The zero-order chi connectivity index (χ0) is 7.61. The third kappa shape index (κ3) is 3.26. The van der Waals surface area contributed by atoms with Crippen molar-refractivity contribution in [1.82, 2.24) is 0 Å². The van der Waals surface area contributed by atoms with Gasteiger partial charge >= 0.3 is 23.1 Å². The lowest BCUT2D eigenvalue weighted by Crippen LogP contribution is -2.10. The summed E-state index contributed by atoms with van der Waals surface area (Å²) in [4.78, 5) is 0. The lowest BCUT2D eigenvalue weighted by molar-refractivity contribution is 0.665. The van der Waals surface area contributed by atoms with Crippen LogP contribution in [0.4, 0.5) is 0 Å². The van der Waals surface area contributed by atoms with Crippen LogP contribution in [0.3, 0.4) is 0 Å². The Morgan fingerprint density at radius 3 is 1.82 bits per heavy atom. The van der Waals surface area contributed by atoms with Gasteiger partial charge in [-0.1, -0.05) is 44.2 Å². The van der Waals surface area contributed by atoms with E-state index in [1.165, 1.54) is 5.56 Å². The van der Waals surface area contributed by atoms with E-state index in [2.05, 4.69) is 32.9 Å². The molecule has 1 heteroatoms. The van der Waals surface area contributed by atoms with Crippen molar-refractivity contribution in [3.63, 3.8) is 0 Å². The van der Waals surface area contributed by atoms with Crippen LogP contribution < -0.4 is 0 Å². The van der Waals surface area contributed by atoms with Crippen molar-refractivity contribution in [3.8, 4) is 0 Å². The van der Waals surface area contributed by atoms with Crippen molar-refractivity contribution in [3.05, 3.63) is 42.8 Å². The molecule has 0 saturated heterocycles. The van der Waals surface area contributed by atoms with Gasteiger partial charge in [0.05, 0.1) is 0 Å². The maximum Gasteiger partial charge on any atom is 0.316 e. The first-order valence-corrected chi connectivity index (χ1v) is 3.51. The minimum absolute atomic E-state index is 0. The molecular weight excluding hydrogens is 144 g/mol. The maximum absolute atomic E-state index is 4.04. The zero-order valence-corrected chi connectivity index (χ0v) is 6.59. The van der Waals surface area contributed by atoms with Gasteiger partial charge in [-0.3, -0.25) is 0 Å². The summed E-state index contributed by atoms with van der Waals surface area (Å²) in [6.07, 6.45) is 0. The van der Waals surface area contributed by atoms with E-state index in [1.54, 1.807) is 0 Å². The molecule has 0 bridgehead atoms. The SMILES string of the molecule is [CH2]C(C)(C)c1ccccc1.[MgH2]. The molecule has 0 nitrogen and oxygen atoms in total. The lowest BCUT2D eigenvalue weighted by atomic mass is 9.87. The maximum atomic E-state index is 4.04. The molecule has 0 amide bonds. The molecule has 1 aromatic rings. The lowest BCUT2D eigenvalue weighted by Gasteiger charge is -2.17. The monoisotopic (exact) mass is 159 g/mol. The Balaban J connectivity index is 0.000001000. The highest BCUT2D eigenvalue weighted by molar-refractivity contribution is 5.75. The molecular formula is C10H15Mg. The summed E-state index contributed by atoms with van der Waals surface area (Å²) in [7, 11) is 0. The number of hydrogen-bond donors (Lipinski definition) is 0. The first-order chi connectivity index (χ1) is 4.61. The van der Waals surface area contributed by atoms with E-state index in [1.807, 2.05) is 18.2 Å². The molecule has 11 heavy (non-hydrogen) atoms. The normalized spacial score (nSPS) is 10.5. The minimum atomic E-state index is 0. The van der Waals surface area contributed by atoms with E-state index >= 15 is 0 Å². The van der Waals surface area contributed by atoms with Gasteiger partial charge in [-0.2, -0.15) is 0 Å². The molecule has 0 aliphatic rings. The van der Waals surface area contributed by atoms with E-state index in [9.17, 15) is 0 Å². The molecule has 0 spiro atoms. The highest BCUT2D eigenvalue weighted by Crippen LogP contribution is 2.20. The number of benzene rings is 1. The van der Waals surface area contributed by atoms with E-state index in [0.29, 0.717) is 0 Å². The van der Waals surface area contributed by atoms with Gasteiger partial charge in [0.25, 0.3) is 0 Å². The predicted molar refractivity (Wildman–Crippen MR) is 53.4 cm³/mol. The minimum Gasteiger partial charge on any atom is -0.0622 e. The molecule has 0 fully saturated rings. The third-order valence-corrected chi connectivity index (χ3v) is 1.56. The van der Waals surface area contributed by atoms with Gasteiger partial charge < -0.3 is 0 Å². The molecule has 1 radical (unpaired) electrons. The molecule has 0 unspecified atom stereocenters. The second-order valence-corrected chi connectivity index (χ2v) is 3.25. The molecule has 0 atom stereocenters. The molecule has 0 saturated carbocycles. The molecule has 57 valence electrons. The molecule has 1 rings (SSSR count). The van der Waals surface area contributed by atoms with Gasteiger partial charge in [0, 0.05) is 0 Å². The van der Waals surface area contributed by atoms with Crippen LogP contribution in [-0.2, 0) is 5.41 Å². The summed E-state index contributed by atoms with van der Waals surface area (Å²) < 4.78 is 0. The average Bonchev–Trinajstić information content (AvgIpc) is 1.88. The number of hydrogen-bond acceptors (Lipinski definition) is 0. The van der Waals surface area contributed by atoms with Gasteiger partial charge in [-0.05, 0) is 17.9 Å². The van der Waals surface area contributed by atoms with Gasteiger partial charge in [0.1, 0.15) is 0 Å². The molecule has 1 aromatic carbocycles. The van der Waals surface area contributed by atoms with Crippen molar-refractivity contribution in [2.24, 2.45) is 0 Å². The van der Waals surface area contributed by atoms with Crippen LogP contribution in [0, 0.1) is 6.92 Å². The van der Waals surface area contributed by atoms with Gasteiger partial charge in [0.2, 0.25) is 0 Å². The summed E-state index contributed by atoms with van der Waals surface area (Å²) in [5, 5.41) is 0. The molecule has 0 aromatic heterocycles. The summed E-state index contributed by atoms with van der Waals surface area (Å²) in [5.41, 5.74) is 1.33. The van der Waals surface area contributed by atoms with Crippen LogP contribution >= 0.6 is 0 Å². The summed E-state index contributed by atoms with van der Waals surface area (Å²) >= 11 is 0. The van der Waals surface area contributed by atoms with Crippen molar-refractivity contribution in [1.29, 1.82) is 0 Å². The first kappa shape index (κ1) is 11.0. The van der Waals surface area contributed by atoms with Crippen LogP contribution in [0.1, 0.15) is 19.4 Å². The fourth-order valence-electron chi connectivity index (χ4n) is 0.889. The second-order valence-electron chi connectivity index (χ2n) is 3.25. The number of rotatable bonds is 1. The second kappa shape index (κ2) is 4.12.